The van der Waals surface area contributed by atoms with Gasteiger partial charge in [-0.15, -0.1) is 0 Å². The summed E-state index contributed by atoms with van der Waals surface area (Å²) in [6.45, 7) is 0.212. The van der Waals surface area contributed by atoms with Crippen LogP contribution in [0, 0.1) is 0 Å². The zero-order valence-corrected chi connectivity index (χ0v) is 11.0. The number of hydrogen-bond acceptors (Lipinski definition) is 6. The molecule has 0 radical (unpaired) electrons. The van der Waals surface area contributed by atoms with Crippen molar-refractivity contribution in [2.45, 2.75) is 31.0 Å². The van der Waals surface area contributed by atoms with Crippen molar-refractivity contribution in [1.29, 1.82) is 0 Å². The van der Waals surface area contributed by atoms with Crippen LogP contribution in [0.1, 0.15) is 5.56 Å². The highest BCUT2D eigenvalue weighted by Crippen LogP contribution is 2.24. The average Bonchev–Trinajstić information content (AvgIpc) is 2.81. The first kappa shape index (κ1) is 14.6. The third-order valence-electron chi connectivity index (χ3n) is 3.13. The van der Waals surface area contributed by atoms with Crippen LogP contribution in [0.25, 0.3) is 0 Å². The fourth-order valence-corrected chi connectivity index (χ4v) is 2.07. The number of aliphatic hydroxyl groups excluding tert-OH is 1. The van der Waals surface area contributed by atoms with E-state index in [-0.39, 0.29) is 6.61 Å². The molecule has 0 spiro atoms. The van der Waals surface area contributed by atoms with E-state index < -0.39 is 30.4 Å². The van der Waals surface area contributed by atoms with Gasteiger partial charge < -0.3 is 24.1 Å². The molecule has 2 rings (SSSR count). The van der Waals surface area contributed by atoms with E-state index in [4.69, 9.17) is 9.47 Å². The van der Waals surface area contributed by atoms with Gasteiger partial charge in [-0.3, -0.25) is 0 Å². The number of carbonyl (C=O) groups is 2. The Labute approximate surface area is 116 Å². The van der Waals surface area contributed by atoms with Gasteiger partial charge in [0.1, 0.15) is 18.3 Å². The molecule has 1 aromatic rings. The Morgan fingerprint density at radius 3 is 2.70 bits per heavy atom. The van der Waals surface area contributed by atoms with Gasteiger partial charge in [0.2, 0.25) is 0 Å². The molecule has 1 N–H and O–H groups in total. The summed E-state index contributed by atoms with van der Waals surface area (Å²) in [7, 11) is 1.19. The highest BCUT2D eigenvalue weighted by Gasteiger charge is 2.48. The van der Waals surface area contributed by atoms with Crippen LogP contribution in [0.5, 0.6) is 0 Å². The minimum atomic E-state index is -1.23. The minimum Gasteiger partial charge on any atom is -0.467 e. The predicted octanol–water partition coefficient (Wildman–Crippen LogP) is 0.0720. The Morgan fingerprint density at radius 1 is 1.40 bits per heavy atom. The summed E-state index contributed by atoms with van der Waals surface area (Å²) in [6.07, 6.45) is -3.80. The van der Waals surface area contributed by atoms with E-state index in [2.05, 4.69) is 4.74 Å². The maximum atomic E-state index is 11.4. The Hall–Kier alpha value is -1.76. The second-order valence-corrected chi connectivity index (χ2v) is 4.43. The summed E-state index contributed by atoms with van der Waals surface area (Å²) < 4.78 is 15.2. The van der Waals surface area contributed by atoms with Crippen LogP contribution in [0.2, 0.25) is 0 Å². The summed E-state index contributed by atoms with van der Waals surface area (Å²) in [5, 5.41) is 10.0. The molecule has 1 aliphatic rings. The van der Waals surface area contributed by atoms with Gasteiger partial charge in [-0.2, -0.15) is 0 Å². The third kappa shape index (κ3) is 3.04. The van der Waals surface area contributed by atoms with Crippen molar-refractivity contribution in [1.82, 2.24) is 0 Å². The second kappa shape index (κ2) is 6.60. The molecule has 6 nitrogen and oxygen atoms in total. The summed E-state index contributed by atoms with van der Waals surface area (Å²) >= 11 is 0. The van der Waals surface area contributed by atoms with Crippen molar-refractivity contribution in [2.24, 2.45) is 0 Å². The summed E-state index contributed by atoms with van der Waals surface area (Å²) in [5.74, 6) is -0.727. The van der Waals surface area contributed by atoms with Gasteiger partial charge in [0.15, 0.2) is 12.4 Å². The normalized spacial score (nSPS) is 29.1. The SMILES string of the molecule is COC(=O)[C@H]1O[C@H](C=O)[C@H](OCc2ccccc2)[C@H]1O. The lowest BCUT2D eigenvalue weighted by Crippen LogP contribution is -2.38. The van der Waals surface area contributed by atoms with Crippen LogP contribution in [0.3, 0.4) is 0 Å². The zero-order chi connectivity index (χ0) is 14.5. The highest BCUT2D eigenvalue weighted by molar-refractivity contribution is 5.77. The van der Waals surface area contributed by atoms with E-state index in [1.165, 1.54) is 7.11 Å². The number of esters is 1. The topological polar surface area (TPSA) is 82.1 Å². The number of benzene rings is 1. The third-order valence-corrected chi connectivity index (χ3v) is 3.13. The maximum absolute atomic E-state index is 11.4. The fourth-order valence-electron chi connectivity index (χ4n) is 2.07. The zero-order valence-electron chi connectivity index (χ0n) is 11.0. The number of ether oxygens (including phenoxy) is 3. The molecule has 0 unspecified atom stereocenters. The summed E-state index contributed by atoms with van der Waals surface area (Å²) in [6, 6.07) is 9.30. The molecule has 0 aliphatic carbocycles. The van der Waals surface area contributed by atoms with Crippen molar-refractivity contribution in [3.05, 3.63) is 35.9 Å². The van der Waals surface area contributed by atoms with Gasteiger partial charge >= 0.3 is 5.97 Å². The van der Waals surface area contributed by atoms with Gasteiger partial charge in [-0.05, 0) is 5.56 Å². The molecule has 6 heteroatoms. The second-order valence-electron chi connectivity index (χ2n) is 4.43. The standard InChI is InChI=1S/C14H16O6/c1-18-14(17)13-11(16)12(10(7-15)20-13)19-8-9-5-3-2-4-6-9/h2-7,10-13,16H,8H2,1H3/t10-,11-,12+,13+/m1/s1. The van der Waals surface area contributed by atoms with Crippen LogP contribution < -0.4 is 0 Å². The Bertz CT molecular complexity index is 460. The average molecular weight is 280 g/mol. The van der Waals surface area contributed by atoms with E-state index >= 15 is 0 Å². The van der Waals surface area contributed by atoms with Gasteiger partial charge in [-0.1, -0.05) is 30.3 Å². The predicted molar refractivity (Wildman–Crippen MR) is 67.8 cm³/mol. The number of carbonyl (C=O) groups excluding carboxylic acids is 2. The van der Waals surface area contributed by atoms with Crippen molar-refractivity contribution in [3.63, 3.8) is 0 Å². The van der Waals surface area contributed by atoms with Gasteiger partial charge in [0, 0.05) is 0 Å². The van der Waals surface area contributed by atoms with Crippen LogP contribution in [-0.4, -0.2) is 48.9 Å². The first-order valence-electron chi connectivity index (χ1n) is 6.19. The first-order chi connectivity index (χ1) is 9.67. The van der Waals surface area contributed by atoms with Crippen LogP contribution in [-0.2, 0) is 30.4 Å². The van der Waals surface area contributed by atoms with Crippen molar-refractivity contribution in [3.8, 4) is 0 Å². The maximum Gasteiger partial charge on any atom is 0.337 e. The molecule has 1 aliphatic heterocycles. The lowest BCUT2D eigenvalue weighted by molar-refractivity contribution is -0.157. The molecule has 4 atom stereocenters. The van der Waals surface area contributed by atoms with E-state index in [1.54, 1.807) is 0 Å². The van der Waals surface area contributed by atoms with Gasteiger partial charge in [0.05, 0.1) is 13.7 Å². The van der Waals surface area contributed by atoms with Crippen molar-refractivity contribution in [2.75, 3.05) is 7.11 Å². The van der Waals surface area contributed by atoms with Crippen molar-refractivity contribution >= 4 is 12.3 Å². The molecule has 0 bridgehead atoms. The molecule has 0 saturated carbocycles. The molecule has 108 valence electrons. The molecule has 1 heterocycles. The minimum absolute atomic E-state index is 0.212. The Balaban J connectivity index is 2.02. The number of methoxy groups -OCH3 is 1. The smallest absolute Gasteiger partial charge is 0.337 e. The monoisotopic (exact) mass is 280 g/mol. The van der Waals surface area contributed by atoms with E-state index in [9.17, 15) is 14.7 Å². The fraction of sp³-hybridized carbons (Fsp3) is 0.429. The van der Waals surface area contributed by atoms with E-state index in [0.29, 0.717) is 6.29 Å². The van der Waals surface area contributed by atoms with Gasteiger partial charge in [-0.25, -0.2) is 4.79 Å². The molecule has 0 aromatic heterocycles. The quantitative estimate of drug-likeness (QED) is 0.607. The van der Waals surface area contributed by atoms with Crippen molar-refractivity contribution < 1.29 is 28.9 Å². The number of aldehydes is 1. The summed E-state index contributed by atoms with van der Waals surface area (Å²) in [5.41, 5.74) is 0.894. The van der Waals surface area contributed by atoms with Crippen LogP contribution in [0.15, 0.2) is 30.3 Å². The highest BCUT2D eigenvalue weighted by atomic mass is 16.6. The van der Waals surface area contributed by atoms with E-state index in [0.717, 1.165) is 5.56 Å². The molecule has 1 fully saturated rings. The number of aliphatic hydroxyl groups is 1. The molecule has 0 amide bonds. The lowest BCUT2D eigenvalue weighted by Gasteiger charge is -2.17. The molecule has 20 heavy (non-hydrogen) atoms. The number of rotatable bonds is 5. The van der Waals surface area contributed by atoms with E-state index in [1.807, 2.05) is 30.3 Å². The summed E-state index contributed by atoms with van der Waals surface area (Å²) in [4.78, 5) is 22.4. The Kier molecular flexibility index (Phi) is 4.84. The largest absolute Gasteiger partial charge is 0.467 e. The molecular formula is C14H16O6. The van der Waals surface area contributed by atoms with Crippen LogP contribution in [0.4, 0.5) is 0 Å². The lowest BCUT2D eigenvalue weighted by atomic mass is 10.1. The molecular weight excluding hydrogens is 264 g/mol. The number of hydrogen-bond donors (Lipinski definition) is 1. The van der Waals surface area contributed by atoms with Gasteiger partial charge in [0.25, 0.3) is 0 Å². The molecule has 1 aromatic carbocycles. The first-order valence-corrected chi connectivity index (χ1v) is 6.19. The van der Waals surface area contributed by atoms with Crippen LogP contribution >= 0.6 is 0 Å². The molecule has 1 saturated heterocycles. The Morgan fingerprint density at radius 2 is 2.10 bits per heavy atom.